The number of thiazole rings is 1. The van der Waals surface area contributed by atoms with Crippen LogP contribution < -0.4 is 4.90 Å². The van der Waals surface area contributed by atoms with Crippen LogP contribution in [-0.2, 0) is 4.74 Å². The van der Waals surface area contributed by atoms with Crippen molar-refractivity contribution in [3.05, 3.63) is 11.1 Å². The Labute approximate surface area is 99.9 Å². The first-order valence-electron chi connectivity index (χ1n) is 5.61. The lowest BCUT2D eigenvalue weighted by Crippen LogP contribution is -2.29. The van der Waals surface area contributed by atoms with E-state index in [-0.39, 0.29) is 0 Å². The SMILES string of the molecule is COCCN(c1ncc(C(C)O)s1)C1CC1. The molecule has 1 atom stereocenters. The van der Waals surface area contributed by atoms with Gasteiger partial charge in [-0.15, -0.1) is 0 Å². The van der Waals surface area contributed by atoms with Gasteiger partial charge in [-0.1, -0.05) is 11.3 Å². The van der Waals surface area contributed by atoms with E-state index in [9.17, 15) is 5.11 Å². The summed E-state index contributed by atoms with van der Waals surface area (Å²) in [4.78, 5) is 7.60. The molecule has 5 heteroatoms. The number of aromatic nitrogens is 1. The molecular weight excluding hydrogens is 224 g/mol. The second kappa shape index (κ2) is 5.12. The van der Waals surface area contributed by atoms with E-state index in [0.717, 1.165) is 23.2 Å². The van der Waals surface area contributed by atoms with Crippen LogP contribution in [0.5, 0.6) is 0 Å². The van der Waals surface area contributed by atoms with Gasteiger partial charge in [0.2, 0.25) is 0 Å². The third-order valence-corrected chi connectivity index (χ3v) is 3.90. The molecule has 0 amide bonds. The van der Waals surface area contributed by atoms with Gasteiger partial charge in [0.15, 0.2) is 5.13 Å². The summed E-state index contributed by atoms with van der Waals surface area (Å²) in [5, 5.41) is 10.5. The number of aliphatic hydroxyl groups is 1. The zero-order valence-electron chi connectivity index (χ0n) is 9.72. The second-order valence-electron chi connectivity index (χ2n) is 4.14. The van der Waals surface area contributed by atoms with Crippen LogP contribution in [0.2, 0.25) is 0 Å². The summed E-state index contributed by atoms with van der Waals surface area (Å²) in [7, 11) is 1.72. The molecule has 0 aliphatic heterocycles. The fourth-order valence-corrected chi connectivity index (χ4v) is 2.56. The van der Waals surface area contributed by atoms with Crippen molar-refractivity contribution in [2.75, 3.05) is 25.2 Å². The van der Waals surface area contributed by atoms with E-state index in [4.69, 9.17) is 4.74 Å². The molecule has 1 aromatic heterocycles. The predicted molar refractivity (Wildman–Crippen MR) is 65.0 cm³/mol. The van der Waals surface area contributed by atoms with Crippen LogP contribution in [0.4, 0.5) is 5.13 Å². The van der Waals surface area contributed by atoms with Crippen LogP contribution in [-0.4, -0.2) is 36.4 Å². The van der Waals surface area contributed by atoms with Crippen molar-refractivity contribution in [2.24, 2.45) is 0 Å². The van der Waals surface area contributed by atoms with Gasteiger partial charge in [-0.05, 0) is 19.8 Å². The predicted octanol–water partition coefficient (Wildman–Crippen LogP) is 1.81. The third kappa shape index (κ3) is 2.72. The Morgan fingerprint density at radius 3 is 2.94 bits per heavy atom. The van der Waals surface area contributed by atoms with Crippen LogP contribution in [0.1, 0.15) is 30.7 Å². The molecule has 0 spiro atoms. The van der Waals surface area contributed by atoms with Crippen molar-refractivity contribution in [2.45, 2.75) is 31.9 Å². The average molecular weight is 242 g/mol. The monoisotopic (exact) mass is 242 g/mol. The van der Waals surface area contributed by atoms with E-state index in [1.165, 1.54) is 12.8 Å². The lowest BCUT2D eigenvalue weighted by atomic mass is 10.4. The van der Waals surface area contributed by atoms with Crippen molar-refractivity contribution >= 4 is 16.5 Å². The van der Waals surface area contributed by atoms with Crippen molar-refractivity contribution in [3.8, 4) is 0 Å². The average Bonchev–Trinajstić information content (AvgIpc) is 2.96. The normalized spacial score (nSPS) is 17.4. The molecule has 1 aliphatic rings. The number of nitrogens with zero attached hydrogens (tertiary/aromatic N) is 2. The third-order valence-electron chi connectivity index (χ3n) is 2.69. The minimum atomic E-state index is -0.422. The number of anilines is 1. The van der Waals surface area contributed by atoms with Gasteiger partial charge in [-0.3, -0.25) is 0 Å². The molecule has 1 heterocycles. The van der Waals surface area contributed by atoms with Crippen LogP contribution in [0.25, 0.3) is 0 Å². The van der Waals surface area contributed by atoms with Gasteiger partial charge in [0.1, 0.15) is 0 Å². The van der Waals surface area contributed by atoms with E-state index >= 15 is 0 Å². The summed E-state index contributed by atoms with van der Waals surface area (Å²) in [5.41, 5.74) is 0. The Morgan fingerprint density at radius 1 is 1.69 bits per heavy atom. The van der Waals surface area contributed by atoms with Crippen LogP contribution in [0.15, 0.2) is 6.20 Å². The highest BCUT2D eigenvalue weighted by atomic mass is 32.1. The Bertz CT molecular complexity index is 336. The molecule has 1 aromatic rings. The number of methoxy groups -OCH3 is 1. The van der Waals surface area contributed by atoms with Crippen LogP contribution >= 0.6 is 11.3 Å². The summed E-state index contributed by atoms with van der Waals surface area (Å²) in [5.74, 6) is 0. The Morgan fingerprint density at radius 2 is 2.44 bits per heavy atom. The molecule has 4 nitrogen and oxygen atoms in total. The Hall–Kier alpha value is -0.650. The molecule has 0 saturated heterocycles. The molecule has 0 bridgehead atoms. The zero-order valence-corrected chi connectivity index (χ0v) is 10.5. The maximum absolute atomic E-state index is 9.48. The molecule has 0 aromatic carbocycles. The lowest BCUT2D eigenvalue weighted by molar-refractivity contribution is 0.203. The van der Waals surface area contributed by atoms with Gasteiger partial charge in [0, 0.05) is 25.9 Å². The summed E-state index contributed by atoms with van der Waals surface area (Å²) < 4.78 is 5.11. The van der Waals surface area contributed by atoms with Gasteiger partial charge < -0.3 is 14.7 Å². The molecular formula is C11H18N2O2S. The fourth-order valence-electron chi connectivity index (χ4n) is 1.61. The molecule has 16 heavy (non-hydrogen) atoms. The van der Waals surface area contributed by atoms with Crippen LogP contribution in [0.3, 0.4) is 0 Å². The van der Waals surface area contributed by atoms with Gasteiger partial charge in [-0.25, -0.2) is 4.98 Å². The first kappa shape index (κ1) is 11.8. The summed E-state index contributed by atoms with van der Waals surface area (Å²) in [6.07, 6.45) is 3.84. The Kier molecular flexibility index (Phi) is 3.78. The number of hydrogen-bond acceptors (Lipinski definition) is 5. The van der Waals surface area contributed by atoms with Crippen molar-refractivity contribution in [3.63, 3.8) is 0 Å². The lowest BCUT2D eigenvalue weighted by Gasteiger charge is -2.20. The zero-order chi connectivity index (χ0) is 11.5. The van der Waals surface area contributed by atoms with Gasteiger partial charge >= 0.3 is 0 Å². The maximum atomic E-state index is 9.48. The van der Waals surface area contributed by atoms with Crippen LogP contribution in [0, 0.1) is 0 Å². The number of hydrogen-bond donors (Lipinski definition) is 1. The molecule has 0 radical (unpaired) electrons. The molecule has 2 rings (SSSR count). The van der Waals surface area contributed by atoms with Gasteiger partial charge in [0.25, 0.3) is 0 Å². The number of rotatable bonds is 6. The molecule has 1 N–H and O–H groups in total. The standard InChI is InChI=1S/C11H18N2O2S/c1-8(14)10-7-12-11(16-10)13(5-6-15-2)9-3-4-9/h7-9,14H,3-6H2,1-2H3. The summed E-state index contributed by atoms with van der Waals surface area (Å²) >= 11 is 1.58. The quantitative estimate of drug-likeness (QED) is 0.826. The minimum Gasteiger partial charge on any atom is -0.388 e. The molecule has 1 unspecified atom stereocenters. The Balaban J connectivity index is 2.05. The highest BCUT2D eigenvalue weighted by Crippen LogP contribution is 2.35. The molecule has 90 valence electrons. The fraction of sp³-hybridized carbons (Fsp3) is 0.727. The van der Waals surface area contributed by atoms with E-state index < -0.39 is 6.10 Å². The first-order valence-corrected chi connectivity index (χ1v) is 6.43. The summed E-state index contributed by atoms with van der Waals surface area (Å²) in [6.45, 7) is 3.38. The van der Waals surface area contributed by atoms with Crippen molar-refractivity contribution in [1.82, 2.24) is 4.98 Å². The van der Waals surface area contributed by atoms with E-state index in [0.29, 0.717) is 6.04 Å². The minimum absolute atomic E-state index is 0.422. The molecule has 1 fully saturated rings. The van der Waals surface area contributed by atoms with E-state index in [1.54, 1.807) is 31.6 Å². The van der Waals surface area contributed by atoms with E-state index in [2.05, 4.69) is 9.88 Å². The van der Waals surface area contributed by atoms with Crippen molar-refractivity contribution < 1.29 is 9.84 Å². The van der Waals surface area contributed by atoms with E-state index in [1.807, 2.05) is 0 Å². The number of ether oxygens (including phenoxy) is 1. The number of aliphatic hydroxyl groups excluding tert-OH is 1. The second-order valence-corrected chi connectivity index (χ2v) is 5.18. The van der Waals surface area contributed by atoms with Gasteiger partial charge in [0.05, 0.1) is 17.6 Å². The highest BCUT2D eigenvalue weighted by Gasteiger charge is 2.30. The topological polar surface area (TPSA) is 45.6 Å². The van der Waals surface area contributed by atoms with Crippen molar-refractivity contribution in [1.29, 1.82) is 0 Å². The maximum Gasteiger partial charge on any atom is 0.185 e. The largest absolute Gasteiger partial charge is 0.388 e. The molecule has 1 saturated carbocycles. The molecule has 1 aliphatic carbocycles. The first-order chi connectivity index (χ1) is 7.72. The smallest absolute Gasteiger partial charge is 0.185 e. The van der Waals surface area contributed by atoms with Gasteiger partial charge in [-0.2, -0.15) is 0 Å². The summed E-state index contributed by atoms with van der Waals surface area (Å²) in [6, 6.07) is 0.628. The highest BCUT2D eigenvalue weighted by molar-refractivity contribution is 7.15.